The van der Waals surface area contributed by atoms with Crippen LogP contribution in [0.1, 0.15) is 18.4 Å². The number of anilines is 2. The molecule has 0 aliphatic heterocycles. The number of carbonyl (C=O) groups excluding carboxylic acids is 2. The minimum absolute atomic E-state index is 0.0379. The quantitative estimate of drug-likeness (QED) is 0.677. The van der Waals surface area contributed by atoms with Crippen molar-refractivity contribution < 1.29 is 14.3 Å². The van der Waals surface area contributed by atoms with E-state index in [0.29, 0.717) is 16.6 Å². The van der Waals surface area contributed by atoms with Crippen LogP contribution < -0.4 is 15.4 Å². The fourth-order valence-electron chi connectivity index (χ4n) is 2.64. The zero-order valence-corrected chi connectivity index (χ0v) is 15.6. The van der Waals surface area contributed by atoms with E-state index in [1.165, 1.54) is 11.3 Å². The maximum Gasteiger partial charge on any atom is 0.264 e. The zero-order chi connectivity index (χ0) is 18.8. The molecule has 2 aromatic carbocycles. The summed E-state index contributed by atoms with van der Waals surface area (Å²) in [4.78, 5) is 28.4. The van der Waals surface area contributed by atoms with Crippen molar-refractivity contribution in [2.45, 2.75) is 19.8 Å². The van der Waals surface area contributed by atoms with Crippen molar-refractivity contribution in [2.24, 2.45) is 5.92 Å². The maximum atomic E-state index is 12.2. The summed E-state index contributed by atoms with van der Waals surface area (Å²) in [5, 5.41) is 6.18. The molecule has 6 nitrogen and oxygen atoms in total. The van der Waals surface area contributed by atoms with E-state index in [1.54, 1.807) is 24.3 Å². The minimum Gasteiger partial charge on any atom is -0.484 e. The van der Waals surface area contributed by atoms with E-state index >= 15 is 0 Å². The molecule has 0 bridgehead atoms. The van der Waals surface area contributed by atoms with Crippen molar-refractivity contribution in [3.8, 4) is 5.75 Å². The number of aryl methyl sites for hydroxylation is 1. The van der Waals surface area contributed by atoms with Gasteiger partial charge in [0.25, 0.3) is 5.91 Å². The Morgan fingerprint density at radius 2 is 2.04 bits per heavy atom. The van der Waals surface area contributed by atoms with Gasteiger partial charge in [0.1, 0.15) is 5.75 Å². The normalized spacial score (nSPS) is 13.4. The molecule has 1 aliphatic carbocycles. The van der Waals surface area contributed by atoms with Crippen LogP contribution in [0.3, 0.4) is 0 Å². The molecule has 0 atom stereocenters. The molecule has 1 aliphatic rings. The van der Waals surface area contributed by atoms with E-state index < -0.39 is 0 Å². The first kappa shape index (κ1) is 17.5. The van der Waals surface area contributed by atoms with E-state index in [1.807, 2.05) is 25.1 Å². The lowest BCUT2D eigenvalue weighted by atomic mass is 10.2. The third kappa shape index (κ3) is 4.43. The van der Waals surface area contributed by atoms with Gasteiger partial charge in [-0.2, -0.15) is 0 Å². The van der Waals surface area contributed by atoms with E-state index in [0.717, 1.165) is 28.6 Å². The molecule has 0 unspecified atom stereocenters. The van der Waals surface area contributed by atoms with Crippen LogP contribution in [-0.4, -0.2) is 23.4 Å². The lowest BCUT2D eigenvalue weighted by Gasteiger charge is -2.08. The van der Waals surface area contributed by atoms with E-state index in [9.17, 15) is 9.59 Å². The Labute approximate surface area is 160 Å². The summed E-state index contributed by atoms with van der Waals surface area (Å²) in [5.74, 6) is 0.422. The zero-order valence-electron chi connectivity index (χ0n) is 14.8. The first-order valence-corrected chi connectivity index (χ1v) is 9.59. The Balaban J connectivity index is 1.33. The molecule has 4 rings (SSSR count). The summed E-state index contributed by atoms with van der Waals surface area (Å²) < 4.78 is 6.58. The number of nitrogens with one attached hydrogen (secondary N) is 2. The Hall–Kier alpha value is -2.93. The average Bonchev–Trinajstić information content (AvgIpc) is 3.42. The Kier molecular flexibility index (Phi) is 4.77. The van der Waals surface area contributed by atoms with Gasteiger partial charge in [-0.3, -0.25) is 14.9 Å². The number of nitrogens with zero attached hydrogens (tertiary/aromatic N) is 1. The molecule has 0 radical (unpaired) electrons. The number of aromatic nitrogens is 1. The van der Waals surface area contributed by atoms with Crippen molar-refractivity contribution in [2.75, 3.05) is 17.2 Å². The van der Waals surface area contributed by atoms with Crippen molar-refractivity contribution >= 4 is 44.2 Å². The maximum absolute atomic E-state index is 12.2. The Morgan fingerprint density at radius 1 is 1.19 bits per heavy atom. The average molecular weight is 381 g/mol. The van der Waals surface area contributed by atoms with Gasteiger partial charge in [-0.1, -0.05) is 23.5 Å². The monoisotopic (exact) mass is 381 g/mol. The van der Waals surface area contributed by atoms with E-state index in [4.69, 9.17) is 4.74 Å². The molecule has 0 saturated heterocycles. The first-order valence-electron chi connectivity index (χ1n) is 8.77. The van der Waals surface area contributed by atoms with Gasteiger partial charge in [-0.15, -0.1) is 0 Å². The SMILES string of the molecule is Cc1ccc2nc(NC(=O)COc3cccc(NC(=O)C4CC4)c3)sc2c1. The standard InChI is InChI=1S/C20H19N3O3S/c1-12-5-8-16-17(9-12)27-20(22-16)23-18(24)11-26-15-4-2-3-14(10-15)21-19(25)13-6-7-13/h2-5,8-10,13H,6-7,11H2,1H3,(H,21,25)(H,22,23,24). The van der Waals surface area contributed by atoms with Gasteiger partial charge < -0.3 is 10.1 Å². The van der Waals surface area contributed by atoms with Crippen LogP contribution in [0.25, 0.3) is 10.2 Å². The molecule has 1 aromatic heterocycles. The van der Waals surface area contributed by atoms with Gasteiger partial charge in [-0.25, -0.2) is 4.98 Å². The second kappa shape index (κ2) is 7.36. The molecule has 2 amide bonds. The van der Waals surface area contributed by atoms with Crippen LogP contribution in [0.5, 0.6) is 5.75 Å². The van der Waals surface area contributed by atoms with E-state index in [2.05, 4.69) is 15.6 Å². The summed E-state index contributed by atoms with van der Waals surface area (Å²) in [7, 11) is 0. The molecule has 1 heterocycles. The Bertz CT molecular complexity index is 1010. The third-order valence-electron chi connectivity index (χ3n) is 4.21. The highest BCUT2D eigenvalue weighted by atomic mass is 32.1. The van der Waals surface area contributed by atoms with Crippen LogP contribution in [0, 0.1) is 12.8 Å². The molecule has 3 aromatic rings. The van der Waals surface area contributed by atoms with Crippen molar-refractivity contribution in [3.05, 3.63) is 48.0 Å². The number of benzene rings is 2. The van der Waals surface area contributed by atoms with Crippen molar-refractivity contribution in [3.63, 3.8) is 0 Å². The second-order valence-electron chi connectivity index (χ2n) is 6.62. The molecule has 27 heavy (non-hydrogen) atoms. The highest BCUT2D eigenvalue weighted by molar-refractivity contribution is 7.22. The number of carbonyl (C=O) groups is 2. The lowest BCUT2D eigenvalue weighted by Crippen LogP contribution is -2.20. The smallest absolute Gasteiger partial charge is 0.264 e. The topological polar surface area (TPSA) is 80.3 Å². The summed E-state index contributed by atoms with van der Waals surface area (Å²) in [6.45, 7) is 1.89. The minimum atomic E-state index is -0.279. The Morgan fingerprint density at radius 3 is 2.85 bits per heavy atom. The number of amides is 2. The molecule has 1 saturated carbocycles. The van der Waals surface area contributed by atoms with Crippen LogP contribution in [0.4, 0.5) is 10.8 Å². The molecular formula is C20H19N3O3S. The fraction of sp³-hybridized carbons (Fsp3) is 0.250. The molecular weight excluding hydrogens is 362 g/mol. The largest absolute Gasteiger partial charge is 0.484 e. The number of thiazole rings is 1. The molecule has 2 N–H and O–H groups in total. The molecule has 138 valence electrons. The molecule has 7 heteroatoms. The summed E-state index contributed by atoms with van der Waals surface area (Å²) in [5.41, 5.74) is 2.69. The lowest BCUT2D eigenvalue weighted by molar-refractivity contribution is -0.118. The van der Waals surface area contributed by atoms with Crippen molar-refractivity contribution in [1.82, 2.24) is 4.98 Å². The second-order valence-corrected chi connectivity index (χ2v) is 7.65. The van der Waals surface area contributed by atoms with Gasteiger partial charge in [0.2, 0.25) is 5.91 Å². The fourth-order valence-corrected chi connectivity index (χ4v) is 3.62. The third-order valence-corrected chi connectivity index (χ3v) is 5.14. The van der Waals surface area contributed by atoms with Gasteiger partial charge in [-0.05, 0) is 49.6 Å². The first-order chi connectivity index (χ1) is 13.1. The van der Waals surface area contributed by atoms with Gasteiger partial charge in [0, 0.05) is 17.7 Å². The van der Waals surface area contributed by atoms with Crippen molar-refractivity contribution in [1.29, 1.82) is 0 Å². The predicted octanol–water partition coefficient (Wildman–Crippen LogP) is 3.97. The number of hydrogen-bond acceptors (Lipinski definition) is 5. The summed E-state index contributed by atoms with van der Waals surface area (Å²) >= 11 is 1.43. The van der Waals surface area contributed by atoms with Crippen LogP contribution in [0.15, 0.2) is 42.5 Å². The predicted molar refractivity (Wildman–Crippen MR) is 106 cm³/mol. The number of fused-ring (bicyclic) bond motifs is 1. The number of ether oxygens (including phenoxy) is 1. The van der Waals surface area contributed by atoms with E-state index in [-0.39, 0.29) is 24.3 Å². The number of rotatable bonds is 6. The van der Waals surface area contributed by atoms with Gasteiger partial charge in [0.15, 0.2) is 11.7 Å². The van der Waals surface area contributed by atoms with Crippen LogP contribution >= 0.6 is 11.3 Å². The van der Waals surface area contributed by atoms with Crippen LogP contribution in [-0.2, 0) is 9.59 Å². The summed E-state index contributed by atoms with van der Waals surface area (Å²) in [6, 6.07) is 13.0. The van der Waals surface area contributed by atoms with Gasteiger partial charge in [0.05, 0.1) is 10.2 Å². The van der Waals surface area contributed by atoms with Crippen LogP contribution in [0.2, 0.25) is 0 Å². The highest BCUT2D eigenvalue weighted by Gasteiger charge is 2.29. The van der Waals surface area contributed by atoms with Gasteiger partial charge >= 0.3 is 0 Å². The number of hydrogen-bond donors (Lipinski definition) is 2. The molecule has 1 fully saturated rings. The summed E-state index contributed by atoms with van der Waals surface area (Å²) in [6.07, 6.45) is 1.90. The molecule has 0 spiro atoms. The highest BCUT2D eigenvalue weighted by Crippen LogP contribution is 2.30.